The van der Waals surface area contributed by atoms with Crippen LogP contribution in [-0.2, 0) is 19.1 Å². The first-order valence-electron chi connectivity index (χ1n) is 11.2. The molecule has 0 bridgehead atoms. The second-order valence-electron chi connectivity index (χ2n) is 8.59. The Morgan fingerprint density at radius 1 is 1.09 bits per heavy atom. The summed E-state index contributed by atoms with van der Waals surface area (Å²) < 4.78 is 4.84. The number of aryl methyl sites for hydroxylation is 1. The van der Waals surface area contributed by atoms with Crippen molar-refractivity contribution >= 4 is 23.7 Å². The normalized spacial score (nSPS) is 17.1. The number of benzene rings is 1. The first kappa shape index (κ1) is 25.4. The first-order valence-corrected chi connectivity index (χ1v) is 11.2. The lowest BCUT2D eigenvalue weighted by Crippen LogP contribution is -2.59. The Labute approximate surface area is 190 Å². The highest BCUT2D eigenvalue weighted by molar-refractivity contribution is 5.95. The summed E-state index contributed by atoms with van der Waals surface area (Å²) in [6.07, 6.45) is -0.0416. The Morgan fingerprint density at radius 2 is 1.75 bits per heavy atom. The Kier molecular flexibility index (Phi) is 9.23. The van der Waals surface area contributed by atoms with Gasteiger partial charge >= 0.3 is 5.97 Å². The zero-order valence-electron chi connectivity index (χ0n) is 19.7. The van der Waals surface area contributed by atoms with E-state index in [1.165, 1.54) is 0 Å². The summed E-state index contributed by atoms with van der Waals surface area (Å²) in [4.78, 5) is 53.3. The maximum absolute atomic E-state index is 13.2. The third kappa shape index (κ3) is 6.80. The molecule has 1 aliphatic heterocycles. The maximum atomic E-state index is 13.2. The molecule has 0 saturated carbocycles. The molecule has 1 aliphatic rings. The van der Waals surface area contributed by atoms with Crippen LogP contribution in [-0.4, -0.2) is 71.8 Å². The van der Waals surface area contributed by atoms with Crippen molar-refractivity contribution in [2.75, 3.05) is 26.2 Å². The zero-order chi connectivity index (χ0) is 23.8. The molecule has 1 fully saturated rings. The largest absolute Gasteiger partial charge is 0.466 e. The van der Waals surface area contributed by atoms with Crippen LogP contribution in [0.5, 0.6) is 0 Å². The predicted molar refractivity (Wildman–Crippen MR) is 121 cm³/mol. The van der Waals surface area contributed by atoms with Crippen molar-refractivity contribution in [3.8, 4) is 0 Å². The molecule has 0 aliphatic carbocycles. The van der Waals surface area contributed by atoms with E-state index < -0.39 is 12.0 Å². The molecule has 32 heavy (non-hydrogen) atoms. The summed E-state index contributed by atoms with van der Waals surface area (Å²) in [5.41, 5.74) is 1.73. The molecule has 1 saturated heterocycles. The number of hydrogen-bond acceptors (Lipinski definition) is 5. The Hall–Kier alpha value is -2.90. The SMILES string of the molecule is CCOC(=O)CCC(=O)NC(C(=O)N1CCN(C(=O)c2ccc(C)cc2)C(C)C1)C(C)C. The average molecular weight is 446 g/mol. The van der Waals surface area contributed by atoms with Crippen molar-refractivity contribution in [1.29, 1.82) is 0 Å². The Bertz CT molecular complexity index is 821. The van der Waals surface area contributed by atoms with Crippen molar-refractivity contribution in [2.24, 2.45) is 5.92 Å². The lowest BCUT2D eigenvalue weighted by Gasteiger charge is -2.41. The summed E-state index contributed by atoms with van der Waals surface area (Å²) in [6, 6.07) is 6.64. The zero-order valence-corrected chi connectivity index (χ0v) is 19.7. The number of esters is 1. The minimum atomic E-state index is -0.684. The van der Waals surface area contributed by atoms with Crippen molar-refractivity contribution in [3.05, 3.63) is 35.4 Å². The number of ether oxygens (including phenoxy) is 1. The molecule has 1 N–H and O–H groups in total. The van der Waals surface area contributed by atoms with Gasteiger partial charge in [-0.2, -0.15) is 0 Å². The summed E-state index contributed by atoms with van der Waals surface area (Å²) in [5.74, 6) is -1.11. The number of amides is 3. The van der Waals surface area contributed by atoms with E-state index in [9.17, 15) is 19.2 Å². The number of piperazine rings is 1. The van der Waals surface area contributed by atoms with Gasteiger partial charge in [-0.1, -0.05) is 31.5 Å². The smallest absolute Gasteiger partial charge is 0.306 e. The maximum Gasteiger partial charge on any atom is 0.306 e. The van der Waals surface area contributed by atoms with Crippen LogP contribution in [0.15, 0.2) is 24.3 Å². The second kappa shape index (κ2) is 11.6. The van der Waals surface area contributed by atoms with E-state index in [0.717, 1.165) is 5.56 Å². The molecule has 2 atom stereocenters. The molecule has 1 aromatic rings. The third-order valence-electron chi connectivity index (χ3n) is 5.61. The van der Waals surface area contributed by atoms with Crippen molar-refractivity contribution in [2.45, 2.75) is 59.5 Å². The summed E-state index contributed by atoms with van der Waals surface area (Å²) in [7, 11) is 0. The number of nitrogens with zero attached hydrogens (tertiary/aromatic N) is 2. The molecule has 2 rings (SSSR count). The van der Waals surface area contributed by atoms with Gasteiger partial charge in [0.2, 0.25) is 11.8 Å². The number of carbonyl (C=O) groups excluding carboxylic acids is 4. The van der Waals surface area contributed by atoms with Crippen LogP contribution < -0.4 is 5.32 Å². The van der Waals surface area contributed by atoms with E-state index >= 15 is 0 Å². The summed E-state index contributed by atoms with van der Waals surface area (Å²) >= 11 is 0. The lowest BCUT2D eigenvalue weighted by atomic mass is 10.0. The number of rotatable bonds is 8. The number of nitrogens with one attached hydrogen (secondary N) is 1. The monoisotopic (exact) mass is 445 g/mol. The van der Waals surface area contributed by atoms with Gasteiger partial charge < -0.3 is 19.9 Å². The highest BCUT2D eigenvalue weighted by Gasteiger charge is 2.34. The van der Waals surface area contributed by atoms with E-state index in [-0.39, 0.29) is 49.1 Å². The fraction of sp³-hybridized carbons (Fsp3) is 0.583. The number of hydrogen-bond donors (Lipinski definition) is 1. The van der Waals surface area contributed by atoms with Crippen molar-refractivity contribution in [3.63, 3.8) is 0 Å². The molecule has 0 aromatic heterocycles. The molecule has 8 heteroatoms. The summed E-state index contributed by atoms with van der Waals surface area (Å²) in [6.45, 7) is 10.9. The molecule has 1 aromatic carbocycles. The van der Waals surface area contributed by atoms with Crippen LogP contribution >= 0.6 is 0 Å². The van der Waals surface area contributed by atoms with Gasteiger partial charge in [0.05, 0.1) is 13.0 Å². The van der Waals surface area contributed by atoms with Gasteiger partial charge in [0.25, 0.3) is 5.91 Å². The topological polar surface area (TPSA) is 96.0 Å². The highest BCUT2D eigenvalue weighted by atomic mass is 16.5. The highest BCUT2D eigenvalue weighted by Crippen LogP contribution is 2.17. The van der Waals surface area contributed by atoms with Crippen LogP contribution in [0.2, 0.25) is 0 Å². The molecule has 1 heterocycles. The third-order valence-corrected chi connectivity index (χ3v) is 5.61. The van der Waals surface area contributed by atoms with Gasteiger partial charge in [-0.25, -0.2) is 0 Å². The molecule has 176 valence electrons. The van der Waals surface area contributed by atoms with Gasteiger partial charge in [0.1, 0.15) is 6.04 Å². The summed E-state index contributed by atoms with van der Waals surface area (Å²) in [5, 5.41) is 2.77. The molecule has 8 nitrogen and oxygen atoms in total. The van der Waals surface area contributed by atoms with E-state index in [0.29, 0.717) is 25.2 Å². The predicted octanol–water partition coefficient (Wildman–Crippen LogP) is 2.15. The van der Waals surface area contributed by atoms with Gasteiger partial charge in [-0.05, 0) is 38.8 Å². The van der Waals surface area contributed by atoms with Crippen LogP contribution in [0, 0.1) is 12.8 Å². The van der Waals surface area contributed by atoms with Crippen LogP contribution in [0.3, 0.4) is 0 Å². The minimum Gasteiger partial charge on any atom is -0.466 e. The van der Waals surface area contributed by atoms with Crippen LogP contribution in [0.1, 0.15) is 56.5 Å². The Morgan fingerprint density at radius 3 is 2.31 bits per heavy atom. The molecule has 2 unspecified atom stereocenters. The van der Waals surface area contributed by atoms with E-state index in [2.05, 4.69) is 5.32 Å². The van der Waals surface area contributed by atoms with Gasteiger partial charge in [-0.3, -0.25) is 19.2 Å². The number of carbonyl (C=O) groups is 4. The van der Waals surface area contributed by atoms with E-state index in [1.807, 2.05) is 52.0 Å². The fourth-order valence-electron chi connectivity index (χ4n) is 3.73. The van der Waals surface area contributed by atoms with Crippen molar-refractivity contribution in [1.82, 2.24) is 15.1 Å². The van der Waals surface area contributed by atoms with Crippen LogP contribution in [0.4, 0.5) is 0 Å². The molecule has 0 radical (unpaired) electrons. The first-order chi connectivity index (χ1) is 15.1. The average Bonchev–Trinajstić information content (AvgIpc) is 2.75. The standard InChI is InChI=1S/C24H35N3O5/c1-6-32-21(29)12-11-20(28)25-22(16(2)3)24(31)26-13-14-27(18(5)15-26)23(30)19-9-7-17(4)8-10-19/h7-10,16,18,22H,6,11-15H2,1-5H3,(H,25,28). The van der Waals surface area contributed by atoms with E-state index in [1.54, 1.807) is 16.7 Å². The molecule has 3 amide bonds. The van der Waals surface area contributed by atoms with E-state index in [4.69, 9.17) is 4.74 Å². The van der Waals surface area contributed by atoms with Crippen molar-refractivity contribution < 1.29 is 23.9 Å². The van der Waals surface area contributed by atoms with Crippen LogP contribution in [0.25, 0.3) is 0 Å². The van der Waals surface area contributed by atoms with Gasteiger partial charge in [0, 0.05) is 37.7 Å². The van der Waals surface area contributed by atoms with Gasteiger partial charge in [0.15, 0.2) is 0 Å². The Balaban J connectivity index is 1.96. The molecular formula is C24H35N3O5. The second-order valence-corrected chi connectivity index (χ2v) is 8.59. The van der Waals surface area contributed by atoms with Gasteiger partial charge in [-0.15, -0.1) is 0 Å². The molecule has 0 spiro atoms. The quantitative estimate of drug-likeness (QED) is 0.619. The molecular weight excluding hydrogens is 410 g/mol. The lowest BCUT2D eigenvalue weighted by molar-refractivity contribution is -0.144. The minimum absolute atomic E-state index is 0.0183. The fourth-order valence-corrected chi connectivity index (χ4v) is 3.73.